The highest BCUT2D eigenvalue weighted by Gasteiger charge is 2.33. The SMILES string of the molecule is O=C(O)c1ccc(SCC2CC(c3ccc(CO)cc3)OC(c3cccc(NC(=O)c4c(F)c(F)c(F)c(F)c4F)c3)O2)cc1. The van der Waals surface area contributed by atoms with Crippen molar-refractivity contribution in [1.29, 1.82) is 0 Å². The van der Waals surface area contributed by atoms with Gasteiger partial charge in [0.15, 0.2) is 29.6 Å². The molecular weight excluding hydrogens is 621 g/mol. The number of halogens is 5. The summed E-state index contributed by atoms with van der Waals surface area (Å²) in [5.74, 6) is -13.5. The Labute approximate surface area is 257 Å². The van der Waals surface area contributed by atoms with Gasteiger partial charge in [-0.1, -0.05) is 36.4 Å². The second-order valence-electron chi connectivity index (χ2n) is 10.0. The highest BCUT2D eigenvalue weighted by molar-refractivity contribution is 7.99. The first-order valence-corrected chi connectivity index (χ1v) is 14.4. The molecule has 0 bridgehead atoms. The van der Waals surface area contributed by atoms with Crippen molar-refractivity contribution in [3.8, 4) is 0 Å². The minimum atomic E-state index is -2.37. The maximum atomic E-state index is 14.2. The van der Waals surface area contributed by atoms with Gasteiger partial charge >= 0.3 is 5.97 Å². The van der Waals surface area contributed by atoms with Gasteiger partial charge in [-0.3, -0.25) is 4.79 Å². The molecule has 4 aromatic carbocycles. The molecule has 4 aromatic rings. The summed E-state index contributed by atoms with van der Waals surface area (Å²) in [6.07, 6.45) is -1.41. The van der Waals surface area contributed by atoms with Gasteiger partial charge in [-0.05, 0) is 47.5 Å². The number of carboxylic acids is 1. The molecule has 1 heterocycles. The average molecular weight is 646 g/mol. The third-order valence-electron chi connectivity index (χ3n) is 7.01. The summed E-state index contributed by atoms with van der Waals surface area (Å²) in [7, 11) is 0. The molecule has 3 atom stereocenters. The predicted molar refractivity (Wildman–Crippen MR) is 153 cm³/mol. The minimum absolute atomic E-state index is 0.0208. The van der Waals surface area contributed by atoms with Crippen molar-refractivity contribution in [1.82, 2.24) is 0 Å². The van der Waals surface area contributed by atoms with Crippen LogP contribution >= 0.6 is 11.8 Å². The topological polar surface area (TPSA) is 105 Å². The molecule has 13 heteroatoms. The number of amides is 1. The Morgan fingerprint density at radius 1 is 0.822 bits per heavy atom. The maximum Gasteiger partial charge on any atom is 0.335 e. The Morgan fingerprint density at radius 3 is 2.09 bits per heavy atom. The lowest BCUT2D eigenvalue weighted by Gasteiger charge is -2.36. The molecule has 0 aliphatic carbocycles. The number of nitrogens with one attached hydrogen (secondary N) is 1. The van der Waals surface area contributed by atoms with E-state index >= 15 is 0 Å². The lowest BCUT2D eigenvalue weighted by molar-refractivity contribution is -0.245. The first-order chi connectivity index (χ1) is 21.5. The first kappa shape index (κ1) is 32.1. The number of aromatic carboxylic acids is 1. The standard InChI is InChI=1S/C32H24F5NO6S/c33-25-24(26(34)28(36)29(37)27(25)35)30(40)38-20-3-1-2-19(12-20)32-43-21(15-45-22-10-8-18(9-11-22)31(41)42)13-23(44-32)17-6-4-16(14-39)5-7-17/h1-12,21,23,32,39H,13-15H2,(H,38,40)(H,41,42). The zero-order valence-electron chi connectivity index (χ0n) is 23.1. The molecule has 5 rings (SSSR count). The van der Waals surface area contributed by atoms with Crippen LogP contribution in [-0.4, -0.2) is 33.9 Å². The van der Waals surface area contributed by atoms with Gasteiger partial charge in [0.25, 0.3) is 5.91 Å². The van der Waals surface area contributed by atoms with Crippen LogP contribution in [0.2, 0.25) is 0 Å². The van der Waals surface area contributed by atoms with E-state index in [4.69, 9.17) is 14.6 Å². The number of carbonyl (C=O) groups is 2. The first-order valence-electron chi connectivity index (χ1n) is 13.4. The Morgan fingerprint density at radius 2 is 1.47 bits per heavy atom. The number of carboxylic acid groups (broad SMARTS) is 1. The van der Waals surface area contributed by atoms with E-state index in [0.29, 0.717) is 23.3 Å². The van der Waals surface area contributed by atoms with Crippen molar-refractivity contribution >= 4 is 29.3 Å². The third kappa shape index (κ3) is 7.17. The maximum absolute atomic E-state index is 14.2. The fourth-order valence-electron chi connectivity index (χ4n) is 4.67. The molecule has 45 heavy (non-hydrogen) atoms. The van der Waals surface area contributed by atoms with Gasteiger partial charge in [0.2, 0.25) is 5.82 Å². The van der Waals surface area contributed by atoms with E-state index in [1.807, 2.05) is 12.1 Å². The summed E-state index contributed by atoms with van der Waals surface area (Å²) in [6, 6.07) is 19.4. The number of hydrogen-bond acceptors (Lipinski definition) is 6. The zero-order valence-corrected chi connectivity index (χ0v) is 23.9. The Balaban J connectivity index is 1.37. The fourth-order valence-corrected chi connectivity index (χ4v) is 5.59. The second-order valence-corrected chi connectivity index (χ2v) is 11.1. The summed E-state index contributed by atoms with van der Waals surface area (Å²) in [5.41, 5.74) is 0.408. The molecule has 1 amide bonds. The molecule has 1 fully saturated rings. The van der Waals surface area contributed by atoms with Gasteiger partial charge in [0, 0.05) is 28.3 Å². The van der Waals surface area contributed by atoms with E-state index in [-0.39, 0.29) is 24.0 Å². The van der Waals surface area contributed by atoms with Crippen LogP contribution < -0.4 is 5.32 Å². The van der Waals surface area contributed by atoms with Crippen molar-refractivity contribution in [2.24, 2.45) is 0 Å². The van der Waals surface area contributed by atoms with Crippen molar-refractivity contribution in [3.63, 3.8) is 0 Å². The third-order valence-corrected chi connectivity index (χ3v) is 8.15. The van der Waals surface area contributed by atoms with Gasteiger partial charge in [0.05, 0.1) is 24.4 Å². The number of aliphatic hydroxyl groups is 1. The molecule has 3 unspecified atom stereocenters. The number of rotatable bonds is 9. The van der Waals surface area contributed by atoms with Crippen LogP contribution in [0.25, 0.3) is 0 Å². The molecule has 0 aromatic heterocycles. The summed E-state index contributed by atoms with van der Waals surface area (Å²) >= 11 is 1.44. The van der Waals surface area contributed by atoms with Gasteiger partial charge in [0.1, 0.15) is 5.56 Å². The monoisotopic (exact) mass is 645 g/mol. The highest BCUT2D eigenvalue weighted by atomic mass is 32.2. The Kier molecular flexibility index (Phi) is 9.83. The van der Waals surface area contributed by atoms with Gasteiger partial charge in [-0.15, -0.1) is 11.8 Å². The van der Waals surface area contributed by atoms with E-state index in [0.717, 1.165) is 10.5 Å². The molecule has 1 aliphatic rings. The molecule has 0 spiro atoms. The number of ether oxygens (including phenoxy) is 2. The summed E-state index contributed by atoms with van der Waals surface area (Å²) in [5, 5.41) is 20.7. The molecular formula is C32H24F5NO6S. The number of benzene rings is 4. The van der Waals surface area contributed by atoms with Gasteiger partial charge in [-0.2, -0.15) is 0 Å². The van der Waals surface area contributed by atoms with Crippen LogP contribution in [0.3, 0.4) is 0 Å². The summed E-state index contributed by atoms with van der Waals surface area (Å²) in [4.78, 5) is 24.6. The van der Waals surface area contributed by atoms with Crippen LogP contribution in [0.4, 0.5) is 27.6 Å². The molecule has 0 radical (unpaired) electrons. The predicted octanol–water partition coefficient (Wildman–Crippen LogP) is 7.16. The zero-order chi connectivity index (χ0) is 32.2. The molecule has 1 saturated heterocycles. The van der Waals surface area contributed by atoms with E-state index < -0.39 is 58.9 Å². The highest BCUT2D eigenvalue weighted by Crippen LogP contribution is 2.40. The van der Waals surface area contributed by atoms with Crippen molar-refractivity contribution in [3.05, 3.63) is 130 Å². The Hall–Kier alpha value is -4.30. The molecule has 0 saturated carbocycles. The lowest BCUT2D eigenvalue weighted by Crippen LogP contribution is -2.31. The number of hydrogen-bond donors (Lipinski definition) is 3. The van der Waals surface area contributed by atoms with Crippen LogP contribution in [0, 0.1) is 29.1 Å². The van der Waals surface area contributed by atoms with E-state index in [9.17, 15) is 36.6 Å². The molecule has 1 aliphatic heterocycles. The van der Waals surface area contributed by atoms with Crippen molar-refractivity contribution < 1.29 is 51.2 Å². The summed E-state index contributed by atoms with van der Waals surface area (Å²) < 4.78 is 81.7. The minimum Gasteiger partial charge on any atom is -0.478 e. The number of aliphatic hydroxyl groups excluding tert-OH is 1. The number of carbonyl (C=O) groups excluding carboxylic acids is 1. The molecule has 7 nitrogen and oxygen atoms in total. The van der Waals surface area contributed by atoms with Crippen LogP contribution in [0.15, 0.2) is 77.7 Å². The smallest absolute Gasteiger partial charge is 0.335 e. The fraction of sp³-hybridized carbons (Fsp3) is 0.188. The molecule has 234 valence electrons. The van der Waals surface area contributed by atoms with Crippen LogP contribution in [0.5, 0.6) is 0 Å². The second kappa shape index (κ2) is 13.8. The lowest BCUT2D eigenvalue weighted by atomic mass is 10.0. The van der Waals surface area contributed by atoms with E-state index in [2.05, 4.69) is 5.32 Å². The van der Waals surface area contributed by atoms with Gasteiger partial charge in [-0.25, -0.2) is 26.7 Å². The van der Waals surface area contributed by atoms with Gasteiger partial charge < -0.3 is 25.0 Å². The largest absolute Gasteiger partial charge is 0.478 e. The summed E-state index contributed by atoms with van der Waals surface area (Å²) in [6.45, 7) is -0.138. The van der Waals surface area contributed by atoms with Crippen LogP contribution in [0.1, 0.15) is 56.2 Å². The molecule has 3 N–H and O–H groups in total. The average Bonchev–Trinajstić information content (AvgIpc) is 3.05. The van der Waals surface area contributed by atoms with E-state index in [1.54, 1.807) is 30.3 Å². The Bertz CT molecular complexity index is 1690. The normalized spacial score (nSPS) is 18.0. The van der Waals surface area contributed by atoms with Crippen molar-refractivity contribution in [2.45, 2.75) is 36.4 Å². The van der Waals surface area contributed by atoms with Crippen molar-refractivity contribution in [2.75, 3.05) is 11.1 Å². The number of anilines is 1. The quantitative estimate of drug-likeness (QED) is 0.0768. The number of thioether (sulfide) groups is 1. The van der Waals surface area contributed by atoms with E-state index in [1.165, 1.54) is 42.1 Å². The van der Waals surface area contributed by atoms with Crippen LogP contribution in [-0.2, 0) is 16.1 Å².